The van der Waals surface area contributed by atoms with Crippen molar-refractivity contribution >= 4 is 11.8 Å². The monoisotopic (exact) mass is 526 g/mol. The van der Waals surface area contributed by atoms with Gasteiger partial charge in [0.1, 0.15) is 12.2 Å². The number of hydrogen-bond donors (Lipinski definition) is 3. The summed E-state index contributed by atoms with van der Waals surface area (Å²) in [5, 5.41) is 30.2. The largest absolute Gasteiger partial charge is 0.499 e. The molecule has 0 spiro atoms. The van der Waals surface area contributed by atoms with E-state index < -0.39 is 35.8 Å². The summed E-state index contributed by atoms with van der Waals surface area (Å²) in [5.41, 5.74) is 0. The molecular weight excluding hydrogens is 472 g/mol. The molecule has 7 nitrogen and oxygen atoms in total. The Labute approximate surface area is 225 Å². The van der Waals surface area contributed by atoms with Crippen molar-refractivity contribution in [3.05, 3.63) is 11.5 Å². The first-order chi connectivity index (χ1) is 17.9. The van der Waals surface area contributed by atoms with Crippen LogP contribution in [0.15, 0.2) is 11.5 Å². The molecule has 0 amide bonds. The molecule has 1 rings (SSSR count). The van der Waals surface area contributed by atoms with E-state index in [-0.39, 0.29) is 18.8 Å². The van der Waals surface area contributed by atoms with Crippen LogP contribution in [0.4, 0.5) is 0 Å². The van der Waals surface area contributed by atoms with Crippen molar-refractivity contribution in [3.8, 4) is 0 Å². The van der Waals surface area contributed by atoms with Crippen LogP contribution >= 0.6 is 0 Å². The van der Waals surface area contributed by atoms with Gasteiger partial charge in [0, 0.05) is 6.42 Å². The first kappa shape index (κ1) is 33.4. The minimum atomic E-state index is -1.70. The molecule has 0 aromatic carbocycles. The highest BCUT2D eigenvalue weighted by Gasteiger charge is 2.44. The Kier molecular flexibility index (Phi) is 19.3. The van der Waals surface area contributed by atoms with Crippen molar-refractivity contribution < 1.29 is 34.4 Å². The molecule has 3 N–H and O–H groups in total. The van der Waals surface area contributed by atoms with Crippen LogP contribution in [0.25, 0.3) is 0 Å². The maximum Gasteiger partial charge on any atom is 0.378 e. The summed E-state index contributed by atoms with van der Waals surface area (Å²) in [6, 6.07) is 0. The highest BCUT2D eigenvalue weighted by Crippen LogP contribution is 2.26. The van der Waals surface area contributed by atoms with Crippen molar-refractivity contribution in [2.75, 3.05) is 6.61 Å². The number of aliphatic hydroxyl groups excluding tert-OH is 3. The Morgan fingerprint density at radius 3 is 1.57 bits per heavy atom. The third kappa shape index (κ3) is 14.2. The van der Waals surface area contributed by atoms with Gasteiger partial charge >= 0.3 is 5.97 Å². The van der Waals surface area contributed by atoms with Crippen molar-refractivity contribution in [2.24, 2.45) is 0 Å². The Bertz CT molecular complexity index is 646. The van der Waals surface area contributed by atoms with Crippen molar-refractivity contribution in [1.82, 2.24) is 0 Å². The molecule has 0 saturated heterocycles. The van der Waals surface area contributed by atoms with Gasteiger partial charge in [-0.1, -0.05) is 122 Å². The van der Waals surface area contributed by atoms with Crippen molar-refractivity contribution in [2.45, 2.75) is 161 Å². The highest BCUT2D eigenvalue weighted by molar-refractivity contribution is 5.89. The summed E-state index contributed by atoms with van der Waals surface area (Å²) in [7, 11) is 0. The van der Waals surface area contributed by atoms with E-state index in [0.29, 0.717) is 6.42 Å². The Morgan fingerprint density at radius 2 is 1.16 bits per heavy atom. The highest BCUT2D eigenvalue weighted by atomic mass is 16.6. The summed E-state index contributed by atoms with van der Waals surface area (Å²) in [5.74, 6) is -2.51. The lowest BCUT2D eigenvalue weighted by atomic mass is 9.98. The molecule has 1 aliphatic heterocycles. The normalized spacial score (nSPS) is 17.2. The predicted octanol–water partition coefficient (Wildman–Crippen LogP) is 6.83. The number of carbonyl (C=O) groups excluding carboxylic acids is 2. The fraction of sp³-hybridized carbons (Fsp3) is 0.867. The van der Waals surface area contributed by atoms with Crippen LogP contribution in [0.5, 0.6) is 0 Å². The van der Waals surface area contributed by atoms with Gasteiger partial charge < -0.3 is 24.8 Å². The fourth-order valence-corrected chi connectivity index (χ4v) is 4.87. The van der Waals surface area contributed by atoms with Gasteiger partial charge in [-0.3, -0.25) is 4.79 Å². The summed E-state index contributed by atoms with van der Waals surface area (Å²) < 4.78 is 10.0. The average molecular weight is 527 g/mol. The number of unbranched alkanes of at least 4 members (excludes halogenated alkanes) is 18. The van der Waals surface area contributed by atoms with Gasteiger partial charge in [-0.25, -0.2) is 4.79 Å². The van der Waals surface area contributed by atoms with E-state index in [9.17, 15) is 24.9 Å². The van der Waals surface area contributed by atoms with Crippen LogP contribution in [0.2, 0.25) is 0 Å². The minimum Gasteiger partial charge on any atom is -0.499 e. The molecule has 3 atom stereocenters. The molecular formula is C30H54O7. The molecule has 7 heteroatoms. The van der Waals surface area contributed by atoms with Gasteiger partial charge in [0.25, 0.3) is 0 Å². The summed E-state index contributed by atoms with van der Waals surface area (Å²) >= 11 is 0. The van der Waals surface area contributed by atoms with Crippen LogP contribution in [0.3, 0.4) is 0 Å². The van der Waals surface area contributed by atoms with E-state index >= 15 is 0 Å². The molecule has 0 aromatic heterocycles. The Balaban J connectivity index is 1.96. The quantitative estimate of drug-likeness (QED) is 0.0882. The van der Waals surface area contributed by atoms with E-state index in [1.54, 1.807) is 6.92 Å². The van der Waals surface area contributed by atoms with E-state index in [1.807, 2.05) is 0 Å². The predicted molar refractivity (Wildman–Crippen MR) is 146 cm³/mol. The lowest BCUT2D eigenvalue weighted by Gasteiger charge is -2.23. The number of cyclic esters (lactones) is 1. The Hall–Kier alpha value is -1.60. The molecule has 0 aromatic rings. The third-order valence-corrected chi connectivity index (χ3v) is 7.21. The zero-order chi connectivity index (χ0) is 27.3. The van der Waals surface area contributed by atoms with Crippen molar-refractivity contribution in [3.63, 3.8) is 0 Å². The molecule has 0 radical (unpaired) electrons. The first-order valence-corrected chi connectivity index (χ1v) is 15.1. The lowest BCUT2D eigenvalue weighted by molar-refractivity contribution is -0.155. The zero-order valence-electron chi connectivity index (χ0n) is 23.6. The van der Waals surface area contributed by atoms with E-state index in [1.165, 1.54) is 96.3 Å². The number of aliphatic hydroxyl groups is 3. The topological polar surface area (TPSA) is 113 Å². The van der Waals surface area contributed by atoms with Crippen LogP contribution in [-0.2, 0) is 19.1 Å². The van der Waals surface area contributed by atoms with Gasteiger partial charge in [-0.2, -0.15) is 0 Å². The molecule has 0 fully saturated rings. The van der Waals surface area contributed by atoms with E-state index in [4.69, 9.17) is 9.47 Å². The third-order valence-electron chi connectivity index (χ3n) is 7.21. The number of rotatable bonds is 25. The number of esters is 1. The SMILES string of the molecule is CCCCCCCCCCCCCCCCCCCCCC(=O)C(O)[C@H](O)[C@H]1OC(=O)C(O)=C1OCC. The molecule has 1 unspecified atom stereocenters. The lowest BCUT2D eigenvalue weighted by Crippen LogP contribution is -2.43. The van der Waals surface area contributed by atoms with Crippen LogP contribution < -0.4 is 0 Å². The summed E-state index contributed by atoms with van der Waals surface area (Å²) in [6.45, 7) is 4.05. The van der Waals surface area contributed by atoms with Gasteiger partial charge in [0.2, 0.25) is 5.76 Å². The van der Waals surface area contributed by atoms with E-state index in [2.05, 4.69) is 6.92 Å². The number of Topliss-reactive ketones (excluding diaryl/α,β-unsaturated/α-hetero) is 1. The maximum absolute atomic E-state index is 12.3. The molecule has 1 heterocycles. The second-order valence-corrected chi connectivity index (χ2v) is 10.5. The van der Waals surface area contributed by atoms with Crippen LogP contribution in [0.1, 0.15) is 142 Å². The number of ketones is 1. The summed E-state index contributed by atoms with van der Waals surface area (Å²) in [6.07, 6.45) is 19.6. The van der Waals surface area contributed by atoms with Gasteiger partial charge in [0.05, 0.1) is 6.61 Å². The van der Waals surface area contributed by atoms with Crippen LogP contribution in [0, 0.1) is 0 Å². The fourth-order valence-electron chi connectivity index (χ4n) is 4.87. The maximum atomic E-state index is 12.3. The van der Waals surface area contributed by atoms with Gasteiger partial charge in [0.15, 0.2) is 17.6 Å². The molecule has 0 aliphatic carbocycles. The molecule has 216 valence electrons. The smallest absolute Gasteiger partial charge is 0.378 e. The number of hydrogen-bond acceptors (Lipinski definition) is 7. The standard InChI is InChI=1S/C30H54O7/c1-3-5-6-7-8-9-10-11-12-13-14-15-16-17-18-19-20-21-22-23-24(31)25(32)26(33)29-28(36-4-2)27(34)30(35)37-29/h25-26,29,32-34H,3-23H2,1-2H3/t25?,26-,29+/m0/s1. The van der Waals surface area contributed by atoms with Crippen LogP contribution in [-0.4, -0.2) is 52.0 Å². The zero-order valence-corrected chi connectivity index (χ0v) is 23.6. The molecule has 0 bridgehead atoms. The molecule has 0 saturated carbocycles. The molecule has 1 aliphatic rings. The second kappa shape index (κ2) is 21.3. The number of ether oxygens (including phenoxy) is 2. The van der Waals surface area contributed by atoms with Gasteiger partial charge in [-0.15, -0.1) is 0 Å². The second-order valence-electron chi connectivity index (χ2n) is 10.5. The summed E-state index contributed by atoms with van der Waals surface area (Å²) in [4.78, 5) is 23.8. The molecule has 37 heavy (non-hydrogen) atoms. The van der Waals surface area contributed by atoms with Gasteiger partial charge in [-0.05, 0) is 13.3 Å². The number of carbonyl (C=O) groups is 2. The minimum absolute atomic E-state index is 0.142. The Morgan fingerprint density at radius 1 is 0.757 bits per heavy atom. The first-order valence-electron chi connectivity index (χ1n) is 15.1. The average Bonchev–Trinajstić information content (AvgIpc) is 3.17. The van der Waals surface area contributed by atoms with E-state index in [0.717, 1.165) is 19.3 Å². The van der Waals surface area contributed by atoms with Crippen molar-refractivity contribution in [1.29, 1.82) is 0 Å².